The number of hydrogen-bond acceptors (Lipinski definition) is 4. The third kappa shape index (κ3) is 6.26. The van der Waals surface area contributed by atoms with Gasteiger partial charge in [-0.15, -0.1) is 0 Å². The van der Waals surface area contributed by atoms with Gasteiger partial charge in [-0.05, 0) is 48.1 Å². The summed E-state index contributed by atoms with van der Waals surface area (Å²) in [6.07, 6.45) is 0. The number of aromatic amines is 1. The van der Waals surface area contributed by atoms with Crippen molar-refractivity contribution in [1.82, 2.24) is 20.1 Å². The minimum Gasteiger partial charge on any atom is -0.379 e. The van der Waals surface area contributed by atoms with Crippen molar-refractivity contribution in [2.75, 3.05) is 45.9 Å². The number of pyridine rings is 1. The summed E-state index contributed by atoms with van der Waals surface area (Å²) in [5.74, 6) is 0.501. The number of benzene rings is 1. The summed E-state index contributed by atoms with van der Waals surface area (Å²) in [6, 6.07) is 8.11. The number of nitrogens with one attached hydrogen (secondary N) is 2. The molecule has 2 N–H and O–H groups in total. The van der Waals surface area contributed by atoms with E-state index in [1.54, 1.807) is 0 Å². The number of fused-ring (bicyclic) bond motifs is 1. The first-order chi connectivity index (χ1) is 13.9. The summed E-state index contributed by atoms with van der Waals surface area (Å²) in [7, 11) is 0. The molecule has 29 heavy (non-hydrogen) atoms. The Kier molecular flexibility index (Phi) is 7.64. The third-order valence-electron chi connectivity index (χ3n) is 5.18. The Bertz CT molecular complexity index is 890. The topological polar surface area (TPSA) is 60.6 Å². The fourth-order valence-corrected chi connectivity index (χ4v) is 3.66. The maximum absolute atomic E-state index is 12.7. The molecule has 7 heteroatoms. The second kappa shape index (κ2) is 10.2. The maximum atomic E-state index is 12.7. The highest BCUT2D eigenvalue weighted by atomic mass is 32.1. The van der Waals surface area contributed by atoms with Crippen LogP contribution in [-0.2, 0) is 11.3 Å². The van der Waals surface area contributed by atoms with Crippen molar-refractivity contribution in [1.29, 1.82) is 0 Å². The normalized spacial score (nSPS) is 15.0. The molecular formula is C22H32N4O2S. The Morgan fingerprint density at radius 2 is 2.07 bits per heavy atom. The van der Waals surface area contributed by atoms with Crippen LogP contribution in [0.4, 0.5) is 0 Å². The molecule has 0 unspecified atom stereocenters. The van der Waals surface area contributed by atoms with Crippen LogP contribution < -0.4 is 10.9 Å². The molecule has 0 atom stereocenters. The summed E-state index contributed by atoms with van der Waals surface area (Å²) in [5, 5.41) is 5.10. The Hall–Kier alpha value is -1.96. The number of rotatable bonds is 7. The number of aryl methyl sites for hydroxylation is 1. The van der Waals surface area contributed by atoms with Crippen molar-refractivity contribution >= 4 is 28.2 Å². The molecule has 1 aromatic heterocycles. The van der Waals surface area contributed by atoms with E-state index in [-0.39, 0.29) is 5.56 Å². The van der Waals surface area contributed by atoms with E-state index in [1.165, 1.54) is 0 Å². The lowest BCUT2D eigenvalue weighted by Crippen LogP contribution is -2.46. The van der Waals surface area contributed by atoms with Crippen LogP contribution in [0.25, 0.3) is 10.9 Å². The van der Waals surface area contributed by atoms with Crippen LogP contribution in [0.5, 0.6) is 0 Å². The molecular weight excluding hydrogens is 384 g/mol. The molecule has 1 aromatic carbocycles. The maximum Gasteiger partial charge on any atom is 0.253 e. The van der Waals surface area contributed by atoms with Crippen molar-refractivity contribution in [2.45, 2.75) is 27.3 Å². The average Bonchev–Trinajstić information content (AvgIpc) is 2.70. The van der Waals surface area contributed by atoms with Gasteiger partial charge >= 0.3 is 0 Å². The van der Waals surface area contributed by atoms with Crippen LogP contribution in [0.3, 0.4) is 0 Å². The zero-order chi connectivity index (χ0) is 20.8. The van der Waals surface area contributed by atoms with Gasteiger partial charge in [-0.3, -0.25) is 9.69 Å². The lowest BCUT2D eigenvalue weighted by molar-refractivity contribution is 0.0357. The van der Waals surface area contributed by atoms with E-state index in [9.17, 15) is 4.79 Å². The van der Waals surface area contributed by atoms with Crippen LogP contribution in [-0.4, -0.2) is 65.8 Å². The molecule has 1 aliphatic heterocycles. The first-order valence-corrected chi connectivity index (χ1v) is 10.8. The molecule has 0 saturated carbocycles. The van der Waals surface area contributed by atoms with E-state index < -0.39 is 0 Å². The van der Waals surface area contributed by atoms with Gasteiger partial charge in [0.1, 0.15) is 0 Å². The lowest BCUT2D eigenvalue weighted by Gasteiger charge is -2.31. The van der Waals surface area contributed by atoms with Crippen molar-refractivity contribution in [3.63, 3.8) is 0 Å². The van der Waals surface area contributed by atoms with E-state index in [2.05, 4.69) is 46.1 Å². The zero-order valence-electron chi connectivity index (χ0n) is 17.7. The standard InChI is InChI=1S/C22H32N4O2S/c1-16(2)14-23-22(29)26(7-6-25-8-10-28-11-9-25)15-19-13-18-5-4-17(3)12-20(18)24-21(19)27/h4-5,12-13,16H,6-11,14-15H2,1-3H3,(H,23,29)(H,24,27). The molecule has 0 bridgehead atoms. The number of thiocarbonyl (C=S) groups is 1. The Balaban J connectivity index is 1.76. The fraction of sp³-hybridized carbons (Fsp3) is 0.545. The Morgan fingerprint density at radius 1 is 1.31 bits per heavy atom. The minimum absolute atomic E-state index is 0.0499. The first-order valence-electron chi connectivity index (χ1n) is 10.4. The molecule has 0 aliphatic carbocycles. The molecule has 0 radical (unpaired) electrons. The van der Waals surface area contributed by atoms with Gasteiger partial charge in [0.2, 0.25) is 0 Å². The SMILES string of the molecule is Cc1ccc2cc(CN(CCN3CCOCC3)C(=S)NCC(C)C)c(=O)[nH]c2c1. The van der Waals surface area contributed by atoms with Crippen molar-refractivity contribution in [3.8, 4) is 0 Å². The summed E-state index contributed by atoms with van der Waals surface area (Å²) >= 11 is 5.68. The van der Waals surface area contributed by atoms with Crippen LogP contribution in [0.15, 0.2) is 29.1 Å². The van der Waals surface area contributed by atoms with Crippen LogP contribution >= 0.6 is 12.2 Å². The lowest BCUT2D eigenvalue weighted by atomic mass is 10.1. The van der Waals surface area contributed by atoms with Gasteiger partial charge in [-0.1, -0.05) is 26.0 Å². The molecule has 2 aromatic rings. The molecule has 1 aliphatic rings. The van der Waals surface area contributed by atoms with Crippen LogP contribution in [0, 0.1) is 12.8 Å². The molecule has 6 nitrogen and oxygen atoms in total. The third-order valence-corrected chi connectivity index (χ3v) is 5.58. The van der Waals surface area contributed by atoms with E-state index in [4.69, 9.17) is 17.0 Å². The minimum atomic E-state index is -0.0499. The van der Waals surface area contributed by atoms with Crippen molar-refractivity contribution in [3.05, 3.63) is 45.7 Å². The van der Waals surface area contributed by atoms with Gasteiger partial charge in [-0.2, -0.15) is 0 Å². The monoisotopic (exact) mass is 416 g/mol. The summed E-state index contributed by atoms with van der Waals surface area (Å²) in [4.78, 5) is 20.2. The number of nitrogens with zero attached hydrogens (tertiary/aromatic N) is 2. The molecule has 3 rings (SSSR count). The molecule has 0 amide bonds. The van der Waals surface area contributed by atoms with Gasteiger partial charge in [0.25, 0.3) is 5.56 Å². The van der Waals surface area contributed by atoms with Gasteiger partial charge in [-0.25, -0.2) is 0 Å². The molecule has 0 spiro atoms. The molecule has 158 valence electrons. The second-order valence-electron chi connectivity index (χ2n) is 8.17. The molecule has 1 saturated heterocycles. The second-order valence-corrected chi connectivity index (χ2v) is 8.56. The van der Waals surface area contributed by atoms with Crippen molar-refractivity contribution in [2.24, 2.45) is 5.92 Å². The van der Waals surface area contributed by atoms with E-state index in [0.29, 0.717) is 17.6 Å². The highest BCUT2D eigenvalue weighted by molar-refractivity contribution is 7.80. The van der Waals surface area contributed by atoms with E-state index in [0.717, 1.165) is 68.0 Å². The predicted octanol–water partition coefficient (Wildman–Crippen LogP) is 2.50. The van der Waals surface area contributed by atoms with Crippen molar-refractivity contribution < 1.29 is 4.74 Å². The zero-order valence-corrected chi connectivity index (χ0v) is 18.5. The number of aromatic nitrogens is 1. The quantitative estimate of drug-likeness (QED) is 0.677. The van der Waals surface area contributed by atoms with Gasteiger partial charge in [0.05, 0.1) is 19.8 Å². The number of ether oxygens (including phenoxy) is 1. The van der Waals surface area contributed by atoms with E-state index >= 15 is 0 Å². The highest BCUT2D eigenvalue weighted by Crippen LogP contribution is 2.14. The molecule has 1 fully saturated rings. The highest BCUT2D eigenvalue weighted by Gasteiger charge is 2.17. The predicted molar refractivity (Wildman–Crippen MR) is 122 cm³/mol. The Morgan fingerprint density at radius 3 is 2.79 bits per heavy atom. The summed E-state index contributed by atoms with van der Waals surface area (Å²) < 4.78 is 5.44. The number of hydrogen-bond donors (Lipinski definition) is 2. The molecule has 2 heterocycles. The van der Waals surface area contributed by atoms with Gasteiger partial charge in [0, 0.05) is 43.8 Å². The smallest absolute Gasteiger partial charge is 0.253 e. The average molecular weight is 417 g/mol. The van der Waals surface area contributed by atoms with Gasteiger partial charge < -0.3 is 19.9 Å². The van der Waals surface area contributed by atoms with E-state index in [1.807, 2.05) is 19.1 Å². The van der Waals surface area contributed by atoms with Crippen LogP contribution in [0.1, 0.15) is 25.0 Å². The fourth-order valence-electron chi connectivity index (χ4n) is 3.43. The van der Waals surface area contributed by atoms with Crippen LogP contribution in [0.2, 0.25) is 0 Å². The number of morpholine rings is 1. The largest absolute Gasteiger partial charge is 0.379 e. The number of H-pyrrole nitrogens is 1. The first kappa shape index (κ1) is 21.7. The summed E-state index contributed by atoms with van der Waals surface area (Å²) in [5.41, 5.74) is 2.69. The summed E-state index contributed by atoms with van der Waals surface area (Å²) in [6.45, 7) is 12.8. The van der Waals surface area contributed by atoms with Gasteiger partial charge in [0.15, 0.2) is 5.11 Å². The Labute approximate surface area is 178 Å².